The molecule has 0 aromatic heterocycles. The lowest BCUT2D eigenvalue weighted by molar-refractivity contribution is 0.408. The van der Waals surface area contributed by atoms with Crippen LogP contribution in [0.3, 0.4) is 0 Å². The van der Waals surface area contributed by atoms with Gasteiger partial charge >= 0.3 is 7.57 Å². The molecule has 0 bridgehead atoms. The van der Waals surface area contributed by atoms with Crippen LogP contribution in [0.1, 0.15) is 57.3 Å². The van der Waals surface area contributed by atoms with Gasteiger partial charge in [-0.3, -0.25) is 0 Å². The fraction of sp³-hybridized carbons (Fsp3) is 0.357. The maximum atomic E-state index is 7.51. The molecular weight excluding hydrogens is 394 g/mol. The van der Waals surface area contributed by atoms with Gasteiger partial charge in [-0.15, -0.1) is 0 Å². The summed E-state index contributed by atoms with van der Waals surface area (Å²) < 4.78 is 5.66. The van der Waals surface area contributed by atoms with Crippen molar-refractivity contribution in [2.45, 2.75) is 57.3 Å². The first-order valence-corrected chi connectivity index (χ1v) is 13.7. The minimum absolute atomic E-state index is 0.231. The van der Waals surface area contributed by atoms with E-state index in [-0.39, 0.29) is 5.41 Å². The molecule has 31 heavy (non-hydrogen) atoms. The van der Waals surface area contributed by atoms with E-state index in [2.05, 4.69) is 62.4 Å². The molecule has 1 nitrogen and oxygen atoms in total. The molecule has 0 fully saturated rings. The normalized spacial score (nSPS) is 19.3. The van der Waals surface area contributed by atoms with Gasteiger partial charge < -0.3 is 4.74 Å². The number of ether oxygens (including phenoxy) is 1. The Bertz CT molecular complexity index is 1140. The Balaban J connectivity index is 1.62. The predicted octanol–water partition coefficient (Wildman–Crippen LogP) is 5.93. The lowest BCUT2D eigenvalue weighted by atomic mass is 9.73. The summed E-state index contributed by atoms with van der Waals surface area (Å²) in [5.41, 5.74) is 12.0. The first kappa shape index (κ1) is 19.6. The van der Waals surface area contributed by atoms with Gasteiger partial charge in [-0.05, 0) is 96.2 Å². The van der Waals surface area contributed by atoms with Crippen LogP contribution in [0.15, 0.2) is 48.5 Å². The molecule has 0 unspecified atom stereocenters. The smallest absolute Gasteiger partial charge is 0.371 e. The summed E-state index contributed by atoms with van der Waals surface area (Å²) in [6.07, 6.45) is 6.92. The standard InChI is InChI=1S/C28H29BOP/c1-18-14-24(15-19(2)27(18)30-3)31(29)16-22-8-4-6-20-10-12-28(25(20)22)13-11-21-7-5-9-23(17-31)26(21)28/h4-9,14-15H,10-13,16-17H2,1-3H3/q+1. The third-order valence-electron chi connectivity index (χ3n) is 8.14. The van der Waals surface area contributed by atoms with Crippen molar-refractivity contribution in [1.82, 2.24) is 0 Å². The van der Waals surface area contributed by atoms with E-state index >= 15 is 0 Å². The topological polar surface area (TPSA) is 9.23 Å². The van der Waals surface area contributed by atoms with Crippen LogP contribution >= 0.6 is 7.14 Å². The van der Waals surface area contributed by atoms with Gasteiger partial charge in [-0.25, -0.2) is 0 Å². The van der Waals surface area contributed by atoms with Crippen molar-refractivity contribution in [3.8, 4) is 5.75 Å². The van der Waals surface area contributed by atoms with E-state index in [1.165, 1.54) is 53.2 Å². The van der Waals surface area contributed by atoms with Crippen molar-refractivity contribution < 1.29 is 4.74 Å². The first-order valence-electron chi connectivity index (χ1n) is 11.5. The van der Waals surface area contributed by atoms with Gasteiger partial charge in [0.1, 0.15) is 5.75 Å². The van der Waals surface area contributed by atoms with Crippen molar-refractivity contribution >= 4 is 20.0 Å². The third kappa shape index (κ3) is 2.67. The van der Waals surface area contributed by atoms with E-state index in [0.717, 1.165) is 18.1 Å². The van der Waals surface area contributed by atoms with Gasteiger partial charge in [-0.2, -0.15) is 0 Å². The highest BCUT2D eigenvalue weighted by Crippen LogP contribution is 2.65. The van der Waals surface area contributed by atoms with Crippen LogP contribution in [-0.4, -0.2) is 14.7 Å². The summed E-state index contributed by atoms with van der Waals surface area (Å²) in [6.45, 7) is 4.30. The summed E-state index contributed by atoms with van der Waals surface area (Å²) in [5, 5.41) is 1.34. The Morgan fingerprint density at radius 2 is 1.29 bits per heavy atom. The van der Waals surface area contributed by atoms with Gasteiger partial charge in [0, 0.05) is 12.6 Å². The largest absolute Gasteiger partial charge is 0.496 e. The molecule has 0 N–H and O–H groups in total. The van der Waals surface area contributed by atoms with E-state index in [1.807, 2.05) is 0 Å². The summed E-state index contributed by atoms with van der Waals surface area (Å²) in [4.78, 5) is 0. The monoisotopic (exact) mass is 423 g/mol. The van der Waals surface area contributed by atoms with Crippen molar-refractivity contribution in [2.75, 3.05) is 7.11 Å². The molecule has 6 rings (SSSR count). The van der Waals surface area contributed by atoms with Gasteiger partial charge in [0.25, 0.3) is 0 Å². The summed E-state index contributed by atoms with van der Waals surface area (Å²) in [6, 6.07) is 18.6. The average molecular weight is 423 g/mol. The van der Waals surface area contributed by atoms with Crippen LogP contribution in [0.2, 0.25) is 0 Å². The molecule has 1 heterocycles. The number of benzene rings is 3. The molecule has 0 saturated carbocycles. The van der Waals surface area contributed by atoms with E-state index < -0.39 is 7.14 Å². The second kappa shape index (κ2) is 6.73. The Morgan fingerprint density at radius 3 is 1.77 bits per heavy atom. The van der Waals surface area contributed by atoms with Crippen molar-refractivity contribution in [2.24, 2.45) is 0 Å². The van der Waals surface area contributed by atoms with Crippen LogP contribution in [0.4, 0.5) is 0 Å². The summed E-state index contributed by atoms with van der Waals surface area (Å²) in [7, 11) is 7.34. The maximum Gasteiger partial charge on any atom is 0.371 e. The number of methoxy groups -OCH3 is 1. The molecule has 1 spiro atoms. The number of aryl methyl sites for hydroxylation is 4. The zero-order chi connectivity index (χ0) is 21.4. The molecule has 3 aromatic carbocycles. The average Bonchev–Trinajstić information content (AvgIpc) is 3.30. The van der Waals surface area contributed by atoms with E-state index in [4.69, 9.17) is 12.3 Å². The lowest BCUT2D eigenvalue weighted by Gasteiger charge is -2.36. The highest BCUT2D eigenvalue weighted by Gasteiger charge is 2.51. The van der Waals surface area contributed by atoms with Crippen LogP contribution in [0, 0.1) is 13.8 Å². The molecule has 0 atom stereocenters. The quantitative estimate of drug-likeness (QED) is 0.367. The first-order chi connectivity index (χ1) is 14.9. The van der Waals surface area contributed by atoms with Crippen LogP contribution < -0.4 is 10.0 Å². The second-order valence-electron chi connectivity index (χ2n) is 9.95. The van der Waals surface area contributed by atoms with Gasteiger partial charge in [0.15, 0.2) is 0 Å². The molecule has 2 radical (unpaired) electrons. The minimum Gasteiger partial charge on any atom is -0.496 e. The van der Waals surface area contributed by atoms with Crippen LogP contribution in [0.5, 0.6) is 5.75 Å². The third-order valence-corrected chi connectivity index (χ3v) is 11.2. The fourth-order valence-corrected chi connectivity index (χ4v) is 10.1. The van der Waals surface area contributed by atoms with E-state index in [9.17, 15) is 0 Å². The zero-order valence-electron chi connectivity index (χ0n) is 18.8. The van der Waals surface area contributed by atoms with Crippen molar-refractivity contribution in [3.63, 3.8) is 0 Å². The Kier molecular flexibility index (Phi) is 4.26. The minimum atomic E-state index is -1.93. The zero-order valence-corrected chi connectivity index (χ0v) is 19.7. The summed E-state index contributed by atoms with van der Waals surface area (Å²) >= 11 is 0. The number of hydrogen-bond donors (Lipinski definition) is 0. The Morgan fingerprint density at radius 1 is 0.806 bits per heavy atom. The lowest BCUT2D eigenvalue weighted by Crippen LogP contribution is -2.28. The fourth-order valence-electron chi connectivity index (χ4n) is 7.02. The molecule has 1 aliphatic heterocycles. The predicted molar refractivity (Wildman–Crippen MR) is 132 cm³/mol. The molecule has 2 aliphatic carbocycles. The Hall–Kier alpha value is -2.05. The van der Waals surface area contributed by atoms with Gasteiger partial charge in [-0.1, -0.05) is 36.4 Å². The van der Waals surface area contributed by atoms with Crippen LogP contribution in [-0.2, 0) is 30.6 Å². The Labute approximate surface area is 187 Å². The molecule has 3 aromatic rings. The maximum absolute atomic E-state index is 7.51. The second-order valence-corrected chi connectivity index (χ2v) is 13.2. The molecule has 0 amide bonds. The molecule has 154 valence electrons. The van der Waals surface area contributed by atoms with E-state index in [1.54, 1.807) is 29.4 Å². The van der Waals surface area contributed by atoms with Gasteiger partial charge in [0.2, 0.25) is 0 Å². The van der Waals surface area contributed by atoms with E-state index in [0.29, 0.717) is 0 Å². The highest BCUT2D eigenvalue weighted by molar-refractivity contribution is 8.01. The molecular formula is C28H29BOP+. The van der Waals surface area contributed by atoms with Crippen molar-refractivity contribution in [3.05, 3.63) is 93.0 Å². The number of rotatable bonds is 2. The highest BCUT2D eigenvalue weighted by atomic mass is 31.2. The summed E-state index contributed by atoms with van der Waals surface area (Å²) in [5.74, 6) is 0.989. The van der Waals surface area contributed by atoms with Crippen LogP contribution in [0.25, 0.3) is 0 Å². The number of hydrogen-bond acceptors (Lipinski definition) is 1. The molecule has 3 heteroatoms. The van der Waals surface area contributed by atoms with Gasteiger partial charge in [0.05, 0.1) is 24.7 Å². The van der Waals surface area contributed by atoms with Crippen molar-refractivity contribution in [1.29, 1.82) is 0 Å². The SMILES string of the molecule is [B][P+]1(c2cc(C)c(OC)c(C)c2)Cc2cccc3c2C2(CC3)CCc3cccc(c32)C1. The molecule has 0 saturated heterocycles. The molecule has 3 aliphatic rings.